The van der Waals surface area contributed by atoms with Gasteiger partial charge in [-0.15, -0.1) is 0 Å². The highest BCUT2D eigenvalue weighted by Crippen LogP contribution is 2.25. The maximum atomic E-state index is 10.1. The Morgan fingerprint density at radius 3 is 2.81 bits per heavy atom. The van der Waals surface area contributed by atoms with E-state index in [0.717, 1.165) is 22.8 Å². The highest BCUT2D eigenvalue weighted by atomic mass is 16.3. The van der Waals surface area contributed by atoms with Crippen LogP contribution >= 0.6 is 0 Å². The highest BCUT2D eigenvalue weighted by molar-refractivity contribution is 5.84. The summed E-state index contributed by atoms with van der Waals surface area (Å²) < 4.78 is 0. The number of nitrogens with two attached hydrogens (primary N) is 1. The fourth-order valence-electron chi connectivity index (χ4n) is 1.83. The van der Waals surface area contributed by atoms with Crippen molar-refractivity contribution < 1.29 is 5.11 Å². The second-order valence-corrected chi connectivity index (χ2v) is 3.97. The number of rotatable bonds is 3. The molecule has 0 aliphatic heterocycles. The number of hydrogen-bond donors (Lipinski definition) is 2. The first-order chi connectivity index (χ1) is 7.74. The fraction of sp³-hybridized carbons (Fsp3) is 0.308. The Balaban J connectivity index is 2.52. The molecule has 3 N–H and O–H groups in total. The van der Waals surface area contributed by atoms with Crippen molar-refractivity contribution in [3.63, 3.8) is 0 Å². The lowest BCUT2D eigenvalue weighted by molar-refractivity contribution is 0.145. The SMILES string of the molecule is CCC(N)C(O)c1cncc2ccccc12. The van der Waals surface area contributed by atoms with Gasteiger partial charge >= 0.3 is 0 Å². The number of aliphatic hydroxyl groups is 1. The Bertz CT molecular complexity index is 479. The van der Waals surface area contributed by atoms with Crippen LogP contribution in [0.25, 0.3) is 10.8 Å². The summed E-state index contributed by atoms with van der Waals surface area (Å²) in [4.78, 5) is 4.14. The molecule has 0 radical (unpaired) electrons. The monoisotopic (exact) mass is 216 g/mol. The molecule has 2 unspecified atom stereocenters. The number of pyridine rings is 1. The number of aliphatic hydroxyl groups excluding tert-OH is 1. The lowest BCUT2D eigenvalue weighted by Crippen LogP contribution is -2.27. The first-order valence-corrected chi connectivity index (χ1v) is 5.50. The molecule has 2 aromatic rings. The zero-order chi connectivity index (χ0) is 11.5. The highest BCUT2D eigenvalue weighted by Gasteiger charge is 2.17. The molecule has 0 saturated heterocycles. The Kier molecular flexibility index (Phi) is 3.17. The molecule has 1 aromatic heterocycles. The molecule has 0 bridgehead atoms. The van der Waals surface area contributed by atoms with Crippen molar-refractivity contribution >= 4 is 10.8 Å². The summed E-state index contributed by atoms with van der Waals surface area (Å²) in [7, 11) is 0. The van der Waals surface area contributed by atoms with Crippen LogP contribution in [0.4, 0.5) is 0 Å². The van der Waals surface area contributed by atoms with Crippen LogP contribution in [0, 0.1) is 0 Å². The summed E-state index contributed by atoms with van der Waals surface area (Å²) >= 11 is 0. The average molecular weight is 216 g/mol. The molecule has 0 aliphatic carbocycles. The minimum absolute atomic E-state index is 0.243. The first kappa shape index (κ1) is 11.0. The van der Waals surface area contributed by atoms with E-state index in [9.17, 15) is 5.11 Å². The average Bonchev–Trinajstić information content (AvgIpc) is 2.36. The van der Waals surface area contributed by atoms with E-state index in [2.05, 4.69) is 4.98 Å². The van der Waals surface area contributed by atoms with E-state index in [1.807, 2.05) is 31.2 Å². The van der Waals surface area contributed by atoms with Crippen LogP contribution in [0.3, 0.4) is 0 Å². The normalized spacial score (nSPS) is 14.9. The van der Waals surface area contributed by atoms with Crippen LogP contribution in [0.5, 0.6) is 0 Å². The minimum Gasteiger partial charge on any atom is -0.387 e. The van der Waals surface area contributed by atoms with Crippen LogP contribution in [-0.4, -0.2) is 16.1 Å². The third kappa shape index (κ3) is 1.92. The van der Waals surface area contributed by atoms with Crippen LogP contribution in [0.1, 0.15) is 25.0 Å². The third-order valence-corrected chi connectivity index (χ3v) is 2.89. The Labute approximate surface area is 94.9 Å². The Hall–Kier alpha value is -1.45. The predicted molar refractivity (Wildman–Crippen MR) is 65.0 cm³/mol. The molecular weight excluding hydrogens is 200 g/mol. The van der Waals surface area contributed by atoms with Crippen LogP contribution in [0.2, 0.25) is 0 Å². The molecule has 1 heterocycles. The molecule has 0 fully saturated rings. The van der Waals surface area contributed by atoms with Crippen LogP contribution in [0.15, 0.2) is 36.7 Å². The molecule has 0 spiro atoms. The van der Waals surface area contributed by atoms with Crippen molar-refractivity contribution in [2.45, 2.75) is 25.5 Å². The second-order valence-electron chi connectivity index (χ2n) is 3.97. The minimum atomic E-state index is -0.649. The molecular formula is C13H16N2O. The van der Waals surface area contributed by atoms with Crippen molar-refractivity contribution in [2.24, 2.45) is 5.73 Å². The molecule has 2 rings (SSSR count). The van der Waals surface area contributed by atoms with Crippen molar-refractivity contribution in [1.82, 2.24) is 4.98 Å². The van der Waals surface area contributed by atoms with Gasteiger partial charge < -0.3 is 10.8 Å². The van der Waals surface area contributed by atoms with Gasteiger partial charge in [-0.25, -0.2) is 0 Å². The van der Waals surface area contributed by atoms with E-state index in [1.165, 1.54) is 0 Å². The first-order valence-electron chi connectivity index (χ1n) is 5.50. The van der Waals surface area contributed by atoms with E-state index in [-0.39, 0.29) is 6.04 Å². The lowest BCUT2D eigenvalue weighted by atomic mass is 9.98. The van der Waals surface area contributed by atoms with Crippen molar-refractivity contribution in [1.29, 1.82) is 0 Å². The zero-order valence-electron chi connectivity index (χ0n) is 9.30. The van der Waals surface area contributed by atoms with Gasteiger partial charge in [-0.05, 0) is 11.8 Å². The summed E-state index contributed by atoms with van der Waals surface area (Å²) in [6.07, 6.45) is 3.58. The summed E-state index contributed by atoms with van der Waals surface area (Å²) in [5, 5.41) is 12.2. The third-order valence-electron chi connectivity index (χ3n) is 2.89. The van der Waals surface area contributed by atoms with Crippen LogP contribution in [-0.2, 0) is 0 Å². The van der Waals surface area contributed by atoms with Gasteiger partial charge in [-0.2, -0.15) is 0 Å². The zero-order valence-corrected chi connectivity index (χ0v) is 9.30. The van der Waals surface area contributed by atoms with Gasteiger partial charge in [0, 0.05) is 29.4 Å². The van der Waals surface area contributed by atoms with Gasteiger partial charge in [-0.3, -0.25) is 4.98 Å². The lowest BCUT2D eigenvalue weighted by Gasteiger charge is -2.18. The van der Waals surface area contributed by atoms with E-state index >= 15 is 0 Å². The van der Waals surface area contributed by atoms with Gasteiger partial charge in [0.15, 0.2) is 0 Å². The van der Waals surface area contributed by atoms with E-state index < -0.39 is 6.10 Å². The second kappa shape index (κ2) is 4.60. The van der Waals surface area contributed by atoms with Gasteiger partial charge in [0.05, 0.1) is 6.10 Å². The topological polar surface area (TPSA) is 59.1 Å². The Morgan fingerprint density at radius 1 is 1.31 bits per heavy atom. The van der Waals surface area contributed by atoms with Gasteiger partial charge in [-0.1, -0.05) is 31.2 Å². The van der Waals surface area contributed by atoms with Gasteiger partial charge in [0.2, 0.25) is 0 Å². The predicted octanol–water partition coefficient (Wildman–Crippen LogP) is 2.01. The molecule has 1 aromatic carbocycles. The largest absolute Gasteiger partial charge is 0.387 e. The van der Waals surface area contributed by atoms with Crippen molar-refractivity contribution in [3.8, 4) is 0 Å². The van der Waals surface area contributed by atoms with Crippen LogP contribution < -0.4 is 5.73 Å². The summed E-state index contributed by atoms with van der Waals surface area (Å²) in [5.74, 6) is 0. The molecule has 3 nitrogen and oxygen atoms in total. The van der Waals surface area contributed by atoms with Gasteiger partial charge in [0.25, 0.3) is 0 Å². The molecule has 84 valence electrons. The number of fused-ring (bicyclic) bond motifs is 1. The number of aromatic nitrogens is 1. The maximum Gasteiger partial charge on any atom is 0.0961 e. The summed E-state index contributed by atoms with van der Waals surface area (Å²) in [5.41, 5.74) is 6.67. The number of hydrogen-bond acceptors (Lipinski definition) is 3. The quantitative estimate of drug-likeness (QED) is 0.825. The Morgan fingerprint density at radius 2 is 2.06 bits per heavy atom. The van der Waals surface area contributed by atoms with Gasteiger partial charge in [0.1, 0.15) is 0 Å². The van der Waals surface area contributed by atoms with Crippen molar-refractivity contribution in [3.05, 3.63) is 42.2 Å². The number of nitrogens with zero attached hydrogens (tertiary/aromatic N) is 1. The van der Waals surface area contributed by atoms with E-state index in [4.69, 9.17) is 5.73 Å². The van der Waals surface area contributed by atoms with E-state index in [0.29, 0.717) is 0 Å². The molecule has 16 heavy (non-hydrogen) atoms. The smallest absolute Gasteiger partial charge is 0.0961 e. The molecule has 0 aliphatic rings. The van der Waals surface area contributed by atoms with Crippen molar-refractivity contribution in [2.75, 3.05) is 0 Å². The maximum absolute atomic E-state index is 10.1. The molecule has 0 saturated carbocycles. The molecule has 2 atom stereocenters. The standard InChI is InChI=1S/C13H16N2O/c1-2-12(14)13(16)11-8-15-7-9-5-3-4-6-10(9)11/h3-8,12-13,16H,2,14H2,1H3. The summed E-state index contributed by atoms with van der Waals surface area (Å²) in [6, 6.07) is 7.64. The molecule has 0 amide bonds. The molecule has 3 heteroatoms. The fourth-order valence-corrected chi connectivity index (χ4v) is 1.83. The summed E-state index contributed by atoms with van der Waals surface area (Å²) in [6.45, 7) is 1.96. The number of benzene rings is 1. The van der Waals surface area contributed by atoms with E-state index in [1.54, 1.807) is 12.4 Å².